The van der Waals surface area contributed by atoms with Crippen LogP contribution < -0.4 is 0 Å². The van der Waals surface area contributed by atoms with Crippen LogP contribution in [-0.4, -0.2) is 39.5 Å². The van der Waals surface area contributed by atoms with Crippen molar-refractivity contribution in [3.05, 3.63) is 137 Å². The normalized spacial score (nSPS) is 20.7. The molecule has 0 N–H and O–H groups in total. The Balaban J connectivity index is 1.29. The molecule has 6 rings (SSSR count). The van der Waals surface area contributed by atoms with Gasteiger partial charge in [0.05, 0.1) is 32.1 Å². The molecule has 1 aliphatic heterocycles. The molecular formula is C32H30ClN3O4. The molecule has 40 heavy (non-hydrogen) atoms. The van der Waals surface area contributed by atoms with E-state index < -0.39 is 18.3 Å². The van der Waals surface area contributed by atoms with Crippen LogP contribution >= 0.6 is 11.6 Å². The molecule has 7 nitrogen and oxygen atoms in total. The molecule has 8 heteroatoms. The van der Waals surface area contributed by atoms with E-state index in [0.29, 0.717) is 37.1 Å². The van der Waals surface area contributed by atoms with Crippen LogP contribution in [0.15, 0.2) is 109 Å². The quantitative estimate of drug-likeness (QED) is 0.193. The van der Waals surface area contributed by atoms with Crippen LogP contribution in [0.2, 0.25) is 5.15 Å². The second-order valence-corrected chi connectivity index (χ2v) is 10.1. The van der Waals surface area contributed by atoms with Gasteiger partial charge in [-0.1, -0.05) is 103 Å². The van der Waals surface area contributed by atoms with E-state index in [1.54, 1.807) is 4.52 Å². The van der Waals surface area contributed by atoms with E-state index in [1.165, 1.54) is 6.33 Å². The van der Waals surface area contributed by atoms with Crippen LogP contribution in [0, 0.1) is 0 Å². The molecule has 0 unspecified atom stereocenters. The van der Waals surface area contributed by atoms with Gasteiger partial charge in [0.15, 0.2) is 5.15 Å². The Hall–Kier alpha value is -3.59. The number of halogens is 1. The molecule has 0 saturated carbocycles. The van der Waals surface area contributed by atoms with Gasteiger partial charge in [-0.25, -0.2) is 9.50 Å². The standard InChI is InChI=1S/C32H30ClN3O4/c33-32-27-17-16-26(36(27)35-22-34-32)29-31(39-20-25-14-8-3-9-15-25)30(38-19-24-12-6-2-7-13-24)28(40-29)21-37-18-23-10-4-1-5-11-23/h1-17,22,28-31H,18-21H2/t28-,29-,30-,31-/m1/s1. The molecule has 0 radical (unpaired) electrons. The minimum absolute atomic E-state index is 0.342. The van der Waals surface area contributed by atoms with Gasteiger partial charge in [0.2, 0.25) is 0 Å². The summed E-state index contributed by atoms with van der Waals surface area (Å²) < 4.78 is 27.8. The smallest absolute Gasteiger partial charge is 0.156 e. The van der Waals surface area contributed by atoms with E-state index in [4.69, 9.17) is 30.5 Å². The maximum atomic E-state index is 6.69. The maximum Gasteiger partial charge on any atom is 0.156 e. The minimum Gasteiger partial charge on any atom is -0.374 e. The van der Waals surface area contributed by atoms with Gasteiger partial charge in [-0.3, -0.25) is 0 Å². The van der Waals surface area contributed by atoms with Gasteiger partial charge in [-0.2, -0.15) is 5.10 Å². The lowest BCUT2D eigenvalue weighted by molar-refractivity contribution is -0.0898. The third kappa shape index (κ3) is 6.09. The van der Waals surface area contributed by atoms with Gasteiger partial charge in [0, 0.05) is 0 Å². The van der Waals surface area contributed by atoms with Crippen molar-refractivity contribution in [2.45, 2.75) is 44.2 Å². The summed E-state index contributed by atoms with van der Waals surface area (Å²) in [6, 6.07) is 34.2. The molecule has 3 heterocycles. The maximum absolute atomic E-state index is 6.69. The highest BCUT2D eigenvalue weighted by atomic mass is 35.5. The first-order chi connectivity index (χ1) is 19.8. The predicted octanol–water partition coefficient (Wildman–Crippen LogP) is 6.21. The highest BCUT2D eigenvalue weighted by molar-refractivity contribution is 6.32. The van der Waals surface area contributed by atoms with Crippen molar-refractivity contribution in [2.75, 3.05) is 6.61 Å². The Morgan fingerprint density at radius 1 is 0.700 bits per heavy atom. The van der Waals surface area contributed by atoms with E-state index >= 15 is 0 Å². The molecule has 1 fully saturated rings. The molecule has 0 amide bonds. The Morgan fingerprint density at radius 2 is 1.27 bits per heavy atom. The molecule has 5 aromatic rings. The van der Waals surface area contributed by atoms with Crippen molar-refractivity contribution in [3.63, 3.8) is 0 Å². The van der Waals surface area contributed by atoms with Gasteiger partial charge in [-0.05, 0) is 28.8 Å². The number of aromatic nitrogens is 3. The second kappa shape index (κ2) is 12.7. The Labute approximate surface area is 238 Å². The van der Waals surface area contributed by atoms with Gasteiger partial charge >= 0.3 is 0 Å². The van der Waals surface area contributed by atoms with Crippen LogP contribution in [-0.2, 0) is 38.8 Å². The lowest BCUT2D eigenvalue weighted by Gasteiger charge is -2.25. The zero-order valence-electron chi connectivity index (χ0n) is 21.9. The van der Waals surface area contributed by atoms with E-state index in [-0.39, 0.29) is 6.10 Å². The second-order valence-electron chi connectivity index (χ2n) is 9.72. The third-order valence-corrected chi connectivity index (χ3v) is 7.29. The molecule has 1 saturated heterocycles. The lowest BCUT2D eigenvalue weighted by atomic mass is 10.0. The summed E-state index contributed by atoms with van der Waals surface area (Å²) >= 11 is 6.37. The van der Waals surface area contributed by atoms with Gasteiger partial charge in [0.25, 0.3) is 0 Å². The van der Waals surface area contributed by atoms with Gasteiger partial charge in [0.1, 0.15) is 36.3 Å². The van der Waals surface area contributed by atoms with Crippen molar-refractivity contribution in [3.8, 4) is 0 Å². The van der Waals surface area contributed by atoms with Crippen LogP contribution in [0.3, 0.4) is 0 Å². The monoisotopic (exact) mass is 555 g/mol. The molecule has 204 valence electrons. The minimum atomic E-state index is -0.469. The van der Waals surface area contributed by atoms with Crippen LogP contribution in [0.5, 0.6) is 0 Å². The van der Waals surface area contributed by atoms with Crippen molar-refractivity contribution in [1.82, 2.24) is 14.6 Å². The molecular weight excluding hydrogens is 526 g/mol. The highest BCUT2D eigenvalue weighted by Gasteiger charge is 2.48. The molecule has 0 aliphatic carbocycles. The average molecular weight is 556 g/mol. The zero-order valence-corrected chi connectivity index (χ0v) is 22.6. The van der Waals surface area contributed by atoms with E-state index in [1.807, 2.05) is 103 Å². The van der Waals surface area contributed by atoms with Crippen molar-refractivity contribution in [2.24, 2.45) is 0 Å². The molecule has 2 aromatic heterocycles. The Kier molecular flexibility index (Phi) is 8.47. The number of rotatable bonds is 11. The number of hydrogen-bond acceptors (Lipinski definition) is 6. The van der Waals surface area contributed by atoms with Gasteiger partial charge < -0.3 is 18.9 Å². The molecule has 3 aromatic carbocycles. The summed E-state index contributed by atoms with van der Waals surface area (Å²) in [5.41, 5.74) is 4.76. The summed E-state index contributed by atoms with van der Waals surface area (Å²) in [5, 5.41) is 4.83. The number of hydrogen-bond donors (Lipinski definition) is 0. The zero-order chi connectivity index (χ0) is 27.1. The Morgan fingerprint density at radius 3 is 1.90 bits per heavy atom. The molecule has 0 bridgehead atoms. The number of nitrogens with zero attached hydrogens (tertiary/aromatic N) is 3. The SMILES string of the molecule is Clc1ncnn2c([C@H]3O[C@H](COCc4ccccc4)[C@@H](OCc4ccccc4)[C@@H]3OCc3ccccc3)ccc12. The fourth-order valence-corrected chi connectivity index (χ4v) is 5.21. The van der Waals surface area contributed by atoms with E-state index in [2.05, 4.69) is 10.1 Å². The Bertz CT molecular complexity index is 1500. The molecule has 0 spiro atoms. The largest absolute Gasteiger partial charge is 0.374 e. The first-order valence-electron chi connectivity index (χ1n) is 13.3. The van der Waals surface area contributed by atoms with Crippen LogP contribution in [0.25, 0.3) is 5.52 Å². The first-order valence-corrected chi connectivity index (χ1v) is 13.7. The number of ether oxygens (including phenoxy) is 4. The highest BCUT2D eigenvalue weighted by Crippen LogP contribution is 2.39. The fourth-order valence-electron chi connectivity index (χ4n) is 5.02. The third-order valence-electron chi connectivity index (χ3n) is 7.00. The van der Waals surface area contributed by atoms with Crippen molar-refractivity contribution in [1.29, 1.82) is 0 Å². The van der Waals surface area contributed by atoms with E-state index in [9.17, 15) is 0 Å². The number of fused-ring (bicyclic) bond motifs is 1. The summed E-state index contributed by atoms with van der Waals surface area (Å²) in [6.45, 7) is 1.65. The first kappa shape index (κ1) is 26.6. The van der Waals surface area contributed by atoms with Gasteiger partial charge in [-0.15, -0.1) is 0 Å². The summed E-state index contributed by atoms with van der Waals surface area (Å²) in [4.78, 5) is 4.12. The lowest BCUT2D eigenvalue weighted by Crippen LogP contribution is -2.38. The van der Waals surface area contributed by atoms with E-state index in [0.717, 1.165) is 22.4 Å². The summed E-state index contributed by atoms with van der Waals surface area (Å²) in [6.07, 6.45) is -0.227. The van der Waals surface area contributed by atoms with Crippen LogP contribution in [0.1, 0.15) is 28.5 Å². The van der Waals surface area contributed by atoms with Crippen LogP contribution in [0.4, 0.5) is 0 Å². The predicted molar refractivity (Wildman–Crippen MR) is 152 cm³/mol. The number of benzene rings is 3. The topological polar surface area (TPSA) is 67.1 Å². The molecule has 4 atom stereocenters. The van der Waals surface area contributed by atoms with Crippen molar-refractivity contribution < 1.29 is 18.9 Å². The fraction of sp³-hybridized carbons (Fsp3) is 0.250. The molecule has 1 aliphatic rings. The average Bonchev–Trinajstić information content (AvgIpc) is 3.58. The summed E-state index contributed by atoms with van der Waals surface area (Å²) in [7, 11) is 0. The summed E-state index contributed by atoms with van der Waals surface area (Å²) in [5.74, 6) is 0. The van der Waals surface area contributed by atoms with Crippen molar-refractivity contribution >= 4 is 17.1 Å².